The Morgan fingerprint density at radius 3 is 2.57 bits per heavy atom. The molecule has 2 aliphatic rings. The van der Waals surface area contributed by atoms with Gasteiger partial charge in [0.1, 0.15) is 0 Å². The van der Waals surface area contributed by atoms with Gasteiger partial charge in [0, 0.05) is 51.2 Å². The Hall–Kier alpha value is -1.91. The summed E-state index contributed by atoms with van der Waals surface area (Å²) in [6, 6.07) is 13.3. The Bertz CT molecular complexity index is 864. The molecule has 4 rings (SSSR count). The molecule has 0 radical (unpaired) electrons. The van der Waals surface area contributed by atoms with Crippen LogP contribution in [0, 0.1) is 6.92 Å². The van der Waals surface area contributed by atoms with Crippen LogP contribution in [0.25, 0.3) is 10.8 Å². The number of nitrogens with zero attached hydrogens (tertiary/aromatic N) is 3. The zero-order valence-electron chi connectivity index (χ0n) is 17.6. The van der Waals surface area contributed by atoms with Crippen LogP contribution in [0.2, 0.25) is 0 Å². The molecule has 0 bridgehead atoms. The summed E-state index contributed by atoms with van der Waals surface area (Å²) < 4.78 is 0. The van der Waals surface area contributed by atoms with E-state index in [9.17, 15) is 4.79 Å². The van der Waals surface area contributed by atoms with Crippen LogP contribution in [-0.2, 0) is 11.3 Å². The summed E-state index contributed by atoms with van der Waals surface area (Å²) in [5, 5.41) is 2.74. The highest BCUT2D eigenvalue weighted by molar-refractivity contribution is 5.88. The largest absolute Gasteiger partial charge is 0.343 e. The zero-order valence-corrected chi connectivity index (χ0v) is 17.6. The number of carbonyl (C=O) groups is 1. The van der Waals surface area contributed by atoms with Gasteiger partial charge in [-0.1, -0.05) is 36.4 Å². The molecule has 2 fully saturated rings. The molecule has 1 amide bonds. The van der Waals surface area contributed by atoms with E-state index in [0.29, 0.717) is 12.3 Å². The first kappa shape index (κ1) is 19.4. The lowest BCUT2D eigenvalue weighted by atomic mass is 9.86. The highest BCUT2D eigenvalue weighted by atomic mass is 16.2. The Morgan fingerprint density at radius 2 is 1.79 bits per heavy atom. The van der Waals surface area contributed by atoms with Gasteiger partial charge >= 0.3 is 0 Å². The standard InChI is InChI=1S/C24H33N3O/c1-4-27-14-13-24(12-11-23(27)28)18-26(16-15-25(24)3)17-20-10-9-19(2)21-7-5-6-8-22(20)21/h5-10H,4,11-18H2,1-3H3. The number of piperazine rings is 1. The van der Waals surface area contributed by atoms with Crippen molar-refractivity contribution in [2.75, 3.05) is 39.8 Å². The number of likely N-dealkylation sites (N-methyl/N-ethyl adjacent to an activating group) is 1. The number of hydrogen-bond acceptors (Lipinski definition) is 3. The molecule has 0 N–H and O–H groups in total. The van der Waals surface area contributed by atoms with Crippen LogP contribution in [-0.4, -0.2) is 65.9 Å². The number of rotatable bonds is 3. The van der Waals surface area contributed by atoms with E-state index < -0.39 is 0 Å². The van der Waals surface area contributed by atoms with Gasteiger partial charge in [0.15, 0.2) is 0 Å². The normalized spacial score (nSPS) is 24.8. The second kappa shape index (κ2) is 7.84. The van der Waals surface area contributed by atoms with Gasteiger partial charge in [-0.3, -0.25) is 14.6 Å². The van der Waals surface area contributed by atoms with Gasteiger partial charge < -0.3 is 4.90 Å². The third kappa shape index (κ3) is 3.56. The monoisotopic (exact) mass is 379 g/mol. The van der Waals surface area contributed by atoms with E-state index in [0.717, 1.165) is 52.1 Å². The molecule has 0 aliphatic carbocycles. The van der Waals surface area contributed by atoms with Gasteiger partial charge in [0.25, 0.3) is 0 Å². The fraction of sp³-hybridized carbons (Fsp3) is 0.542. The zero-order chi connectivity index (χ0) is 19.7. The van der Waals surface area contributed by atoms with E-state index in [-0.39, 0.29) is 5.54 Å². The van der Waals surface area contributed by atoms with Crippen molar-refractivity contribution in [3.63, 3.8) is 0 Å². The predicted octanol–water partition coefficient (Wildman–Crippen LogP) is 3.67. The molecular formula is C24H33N3O. The lowest BCUT2D eigenvalue weighted by Gasteiger charge is -2.49. The van der Waals surface area contributed by atoms with E-state index in [1.807, 2.05) is 4.90 Å². The van der Waals surface area contributed by atoms with Crippen molar-refractivity contribution in [2.45, 2.75) is 45.2 Å². The SMILES string of the molecule is CCN1CCC2(CCC1=O)CN(Cc1ccc(C)c3ccccc13)CCN2C. The number of carbonyl (C=O) groups excluding carboxylic acids is 1. The average molecular weight is 380 g/mol. The highest BCUT2D eigenvalue weighted by Gasteiger charge is 2.42. The lowest BCUT2D eigenvalue weighted by Crippen LogP contribution is -2.60. The molecule has 4 heteroatoms. The summed E-state index contributed by atoms with van der Waals surface area (Å²) in [6.45, 7) is 10.2. The molecular weight excluding hydrogens is 346 g/mol. The van der Waals surface area contributed by atoms with Crippen molar-refractivity contribution in [1.29, 1.82) is 0 Å². The summed E-state index contributed by atoms with van der Waals surface area (Å²) >= 11 is 0. The Labute approximate surface area is 169 Å². The molecule has 4 nitrogen and oxygen atoms in total. The minimum absolute atomic E-state index is 0.123. The fourth-order valence-electron chi connectivity index (χ4n) is 5.14. The van der Waals surface area contributed by atoms with Gasteiger partial charge in [0.05, 0.1) is 0 Å². The number of amides is 1. The lowest BCUT2D eigenvalue weighted by molar-refractivity contribution is -0.130. The van der Waals surface area contributed by atoms with Crippen molar-refractivity contribution < 1.29 is 4.79 Å². The first-order valence-corrected chi connectivity index (χ1v) is 10.7. The Kier molecular flexibility index (Phi) is 5.44. The van der Waals surface area contributed by atoms with E-state index in [2.05, 4.69) is 67.1 Å². The van der Waals surface area contributed by atoms with E-state index in [4.69, 9.17) is 0 Å². The van der Waals surface area contributed by atoms with Crippen LogP contribution in [0.5, 0.6) is 0 Å². The maximum absolute atomic E-state index is 12.4. The summed E-state index contributed by atoms with van der Waals surface area (Å²) in [5.74, 6) is 0.328. The van der Waals surface area contributed by atoms with Crippen molar-refractivity contribution in [2.24, 2.45) is 0 Å². The van der Waals surface area contributed by atoms with Crippen LogP contribution in [0.3, 0.4) is 0 Å². The fourth-order valence-corrected chi connectivity index (χ4v) is 5.14. The smallest absolute Gasteiger partial charge is 0.222 e. The van der Waals surface area contributed by atoms with Crippen LogP contribution < -0.4 is 0 Å². The molecule has 1 atom stereocenters. The van der Waals surface area contributed by atoms with Crippen molar-refractivity contribution in [1.82, 2.24) is 14.7 Å². The first-order valence-electron chi connectivity index (χ1n) is 10.7. The van der Waals surface area contributed by atoms with Gasteiger partial charge in [-0.25, -0.2) is 0 Å². The molecule has 150 valence electrons. The highest BCUT2D eigenvalue weighted by Crippen LogP contribution is 2.33. The van der Waals surface area contributed by atoms with Crippen molar-refractivity contribution >= 4 is 16.7 Å². The van der Waals surface area contributed by atoms with Crippen LogP contribution in [0.1, 0.15) is 37.3 Å². The third-order valence-electron chi connectivity index (χ3n) is 7.09. The quantitative estimate of drug-likeness (QED) is 0.814. The second-order valence-electron chi connectivity index (χ2n) is 8.67. The molecule has 2 aromatic carbocycles. The molecule has 1 spiro atoms. The number of fused-ring (bicyclic) bond motifs is 1. The minimum atomic E-state index is 0.123. The van der Waals surface area contributed by atoms with Gasteiger partial charge in [0.2, 0.25) is 5.91 Å². The number of hydrogen-bond donors (Lipinski definition) is 0. The average Bonchev–Trinajstić information content (AvgIpc) is 2.87. The van der Waals surface area contributed by atoms with Gasteiger partial charge in [-0.2, -0.15) is 0 Å². The topological polar surface area (TPSA) is 26.8 Å². The molecule has 0 saturated carbocycles. The van der Waals surface area contributed by atoms with Crippen LogP contribution in [0.4, 0.5) is 0 Å². The number of aryl methyl sites for hydroxylation is 1. The summed E-state index contributed by atoms with van der Waals surface area (Å²) in [5.41, 5.74) is 2.88. The summed E-state index contributed by atoms with van der Waals surface area (Å²) in [7, 11) is 2.25. The Morgan fingerprint density at radius 1 is 1.00 bits per heavy atom. The van der Waals surface area contributed by atoms with Crippen LogP contribution >= 0.6 is 0 Å². The third-order valence-corrected chi connectivity index (χ3v) is 7.09. The molecule has 2 aliphatic heterocycles. The minimum Gasteiger partial charge on any atom is -0.343 e. The van der Waals surface area contributed by atoms with Gasteiger partial charge in [-0.05, 0) is 55.6 Å². The first-order chi connectivity index (χ1) is 13.5. The Balaban J connectivity index is 1.56. The van der Waals surface area contributed by atoms with E-state index in [1.165, 1.54) is 21.9 Å². The molecule has 2 aromatic rings. The summed E-state index contributed by atoms with van der Waals surface area (Å²) in [6.07, 6.45) is 2.73. The molecule has 28 heavy (non-hydrogen) atoms. The predicted molar refractivity (Wildman–Crippen MR) is 115 cm³/mol. The molecule has 1 unspecified atom stereocenters. The maximum Gasteiger partial charge on any atom is 0.222 e. The molecule has 2 heterocycles. The van der Waals surface area contributed by atoms with Gasteiger partial charge in [-0.15, -0.1) is 0 Å². The van der Waals surface area contributed by atoms with E-state index >= 15 is 0 Å². The van der Waals surface area contributed by atoms with Crippen LogP contribution in [0.15, 0.2) is 36.4 Å². The number of likely N-dealkylation sites (tertiary alicyclic amines) is 1. The van der Waals surface area contributed by atoms with E-state index in [1.54, 1.807) is 0 Å². The van der Waals surface area contributed by atoms with Crippen molar-refractivity contribution in [3.8, 4) is 0 Å². The summed E-state index contributed by atoms with van der Waals surface area (Å²) in [4.78, 5) is 19.6. The second-order valence-corrected chi connectivity index (χ2v) is 8.67. The number of benzene rings is 2. The maximum atomic E-state index is 12.4. The molecule has 2 saturated heterocycles. The van der Waals surface area contributed by atoms with Crippen molar-refractivity contribution in [3.05, 3.63) is 47.5 Å². The molecule has 0 aromatic heterocycles.